The quantitative estimate of drug-likeness (QED) is 0.426. The molecule has 0 spiro atoms. The lowest BCUT2D eigenvalue weighted by Gasteiger charge is -2.42. The summed E-state index contributed by atoms with van der Waals surface area (Å²) in [5, 5.41) is -0.0667. The Kier molecular flexibility index (Phi) is 7.09. The molecular weight excluding hydrogens is 480 g/mol. The van der Waals surface area contributed by atoms with Gasteiger partial charge in [-0.25, -0.2) is 18.7 Å². The molecule has 6 nitrogen and oxygen atoms in total. The third-order valence-corrected chi connectivity index (χ3v) is 12.4. The van der Waals surface area contributed by atoms with Crippen LogP contribution in [0.3, 0.4) is 0 Å². The Bertz CT molecular complexity index is 1110. The molecule has 1 unspecified atom stereocenters. The zero-order valence-electron chi connectivity index (χ0n) is 22.8. The van der Waals surface area contributed by atoms with Gasteiger partial charge in [-0.3, -0.25) is 0 Å². The van der Waals surface area contributed by atoms with Gasteiger partial charge in [-0.1, -0.05) is 26.8 Å². The number of aromatic nitrogens is 2. The number of ether oxygens (including phenoxy) is 2. The second-order valence-corrected chi connectivity index (χ2v) is 16.8. The Morgan fingerprint density at radius 3 is 2.39 bits per heavy atom. The van der Waals surface area contributed by atoms with E-state index in [1.165, 1.54) is 12.1 Å². The number of fused-ring (bicyclic) bond motifs is 1. The van der Waals surface area contributed by atoms with Crippen LogP contribution in [0.1, 0.15) is 58.5 Å². The Labute approximate surface area is 214 Å². The van der Waals surface area contributed by atoms with Gasteiger partial charge in [0.15, 0.2) is 25.7 Å². The monoisotopic (exact) mass is 519 g/mol. The van der Waals surface area contributed by atoms with Gasteiger partial charge in [0.1, 0.15) is 17.7 Å². The molecule has 9 heteroatoms. The predicted molar refractivity (Wildman–Crippen MR) is 138 cm³/mol. The van der Waals surface area contributed by atoms with E-state index in [1.54, 1.807) is 12.3 Å². The topological polar surface area (TPSA) is 56.7 Å². The SMILES string of the molecule is Cc1nccc(N(C)[C@@H]2C[C@H](C(O[Si](C)(C)C(C)(C)C)c3ccc(F)c(F)c3)[C@H]3OC(C)(C)O[C@H]32)n1. The highest BCUT2D eigenvalue weighted by Crippen LogP contribution is 2.51. The molecule has 2 heterocycles. The maximum absolute atomic E-state index is 14.5. The molecule has 1 aromatic carbocycles. The second kappa shape index (κ2) is 9.42. The average Bonchev–Trinajstić information content (AvgIpc) is 3.25. The average molecular weight is 520 g/mol. The van der Waals surface area contributed by atoms with E-state index in [0.29, 0.717) is 17.8 Å². The van der Waals surface area contributed by atoms with E-state index in [1.807, 2.05) is 33.9 Å². The third kappa shape index (κ3) is 5.21. The van der Waals surface area contributed by atoms with E-state index in [0.717, 1.165) is 5.82 Å². The van der Waals surface area contributed by atoms with Crippen molar-refractivity contribution >= 4 is 14.1 Å². The highest BCUT2D eigenvalue weighted by Gasteiger charge is 2.58. The van der Waals surface area contributed by atoms with E-state index in [9.17, 15) is 8.78 Å². The van der Waals surface area contributed by atoms with Crippen LogP contribution in [0.25, 0.3) is 0 Å². The van der Waals surface area contributed by atoms with Gasteiger partial charge in [-0.15, -0.1) is 0 Å². The van der Waals surface area contributed by atoms with Gasteiger partial charge in [-0.05, 0) is 69.1 Å². The van der Waals surface area contributed by atoms with Crippen molar-refractivity contribution in [2.24, 2.45) is 5.92 Å². The predicted octanol–water partition coefficient (Wildman–Crippen LogP) is 6.17. The molecule has 1 saturated carbocycles. The van der Waals surface area contributed by atoms with Gasteiger partial charge in [0.05, 0.1) is 18.2 Å². The summed E-state index contributed by atoms with van der Waals surface area (Å²) < 4.78 is 48.2. The Morgan fingerprint density at radius 2 is 1.78 bits per heavy atom. The van der Waals surface area contributed by atoms with Crippen LogP contribution in [-0.2, 0) is 13.9 Å². The van der Waals surface area contributed by atoms with Crippen molar-refractivity contribution in [3.63, 3.8) is 0 Å². The molecule has 2 aliphatic rings. The fourth-order valence-corrected chi connectivity index (χ4v) is 6.36. The number of rotatable bonds is 6. The fraction of sp³-hybridized carbons (Fsp3) is 0.630. The first-order valence-corrected chi connectivity index (χ1v) is 15.5. The van der Waals surface area contributed by atoms with Crippen molar-refractivity contribution in [3.05, 3.63) is 53.5 Å². The maximum atomic E-state index is 14.5. The number of aryl methyl sites for hydroxylation is 1. The van der Waals surface area contributed by atoms with Crippen molar-refractivity contribution in [2.45, 2.75) is 96.2 Å². The summed E-state index contributed by atoms with van der Waals surface area (Å²) in [7, 11) is -0.294. The van der Waals surface area contributed by atoms with Crippen molar-refractivity contribution in [3.8, 4) is 0 Å². The first-order valence-electron chi connectivity index (χ1n) is 12.6. The maximum Gasteiger partial charge on any atom is 0.192 e. The van der Waals surface area contributed by atoms with Crippen LogP contribution in [0.5, 0.6) is 0 Å². The number of nitrogens with zero attached hydrogens (tertiary/aromatic N) is 3. The molecule has 0 amide bonds. The summed E-state index contributed by atoms with van der Waals surface area (Å²) in [4.78, 5) is 11.0. The van der Waals surface area contributed by atoms with Crippen molar-refractivity contribution in [2.75, 3.05) is 11.9 Å². The summed E-state index contributed by atoms with van der Waals surface area (Å²) in [6.07, 6.45) is 1.44. The van der Waals surface area contributed by atoms with Gasteiger partial charge in [0.25, 0.3) is 0 Å². The lowest BCUT2D eigenvalue weighted by atomic mass is 9.92. The standard InChI is InChI=1S/C27H39F2N3O3Si/c1-16-30-13-12-22(31-16)32(7)21-15-18(24-25(21)34-27(5,6)33-24)23(35-36(8,9)26(2,3)4)17-10-11-19(28)20(29)14-17/h10-14,18,21,23-25H,15H2,1-9H3/t18-,21-,23?,24-,25+/m1/s1. The molecule has 0 bridgehead atoms. The number of halogens is 2. The first kappa shape index (κ1) is 27.1. The minimum atomic E-state index is -2.30. The molecule has 36 heavy (non-hydrogen) atoms. The highest BCUT2D eigenvalue weighted by atomic mass is 28.4. The van der Waals surface area contributed by atoms with Crippen LogP contribution < -0.4 is 4.90 Å². The van der Waals surface area contributed by atoms with Crippen LogP contribution in [0.4, 0.5) is 14.6 Å². The molecule has 1 aliphatic heterocycles. The van der Waals surface area contributed by atoms with Crippen LogP contribution in [-0.4, -0.2) is 49.4 Å². The molecule has 2 aromatic rings. The van der Waals surface area contributed by atoms with Crippen molar-refractivity contribution in [1.82, 2.24) is 9.97 Å². The second-order valence-electron chi connectivity index (χ2n) is 12.1. The van der Waals surface area contributed by atoms with Crippen molar-refractivity contribution in [1.29, 1.82) is 0 Å². The van der Waals surface area contributed by atoms with Gasteiger partial charge in [0.2, 0.25) is 0 Å². The minimum Gasteiger partial charge on any atom is -0.410 e. The molecule has 198 valence electrons. The van der Waals surface area contributed by atoms with Gasteiger partial charge < -0.3 is 18.8 Å². The Morgan fingerprint density at radius 1 is 1.11 bits per heavy atom. The number of benzene rings is 1. The van der Waals surface area contributed by atoms with Gasteiger partial charge in [0, 0.05) is 19.2 Å². The van der Waals surface area contributed by atoms with E-state index in [-0.39, 0.29) is 29.2 Å². The first-order chi connectivity index (χ1) is 16.6. The van der Waals surface area contributed by atoms with Crippen LogP contribution in [0, 0.1) is 24.5 Å². The van der Waals surface area contributed by atoms with Gasteiger partial charge >= 0.3 is 0 Å². The third-order valence-electron chi connectivity index (χ3n) is 7.99. The number of likely N-dealkylation sites (N-methyl/N-ethyl adjacent to an activating group) is 1. The molecule has 2 fully saturated rings. The molecule has 4 rings (SSSR count). The number of hydrogen-bond donors (Lipinski definition) is 0. The highest BCUT2D eigenvalue weighted by molar-refractivity contribution is 6.74. The van der Waals surface area contributed by atoms with Crippen LogP contribution in [0.15, 0.2) is 30.5 Å². The number of anilines is 1. The molecule has 0 radical (unpaired) electrons. The molecule has 0 N–H and O–H groups in total. The van der Waals surface area contributed by atoms with Gasteiger partial charge in [-0.2, -0.15) is 0 Å². The minimum absolute atomic E-state index is 0.0492. The molecule has 1 saturated heterocycles. The lowest BCUT2D eigenvalue weighted by Crippen LogP contribution is -2.44. The molecule has 1 aliphatic carbocycles. The zero-order valence-corrected chi connectivity index (χ0v) is 23.8. The Balaban J connectivity index is 1.76. The van der Waals surface area contributed by atoms with E-state index in [2.05, 4.69) is 48.7 Å². The smallest absolute Gasteiger partial charge is 0.192 e. The van der Waals surface area contributed by atoms with E-state index >= 15 is 0 Å². The van der Waals surface area contributed by atoms with E-state index in [4.69, 9.17) is 13.9 Å². The van der Waals surface area contributed by atoms with Crippen LogP contribution >= 0.6 is 0 Å². The summed E-state index contributed by atoms with van der Waals surface area (Å²) in [6.45, 7) is 16.6. The molecule has 1 aromatic heterocycles. The zero-order chi connectivity index (χ0) is 26.6. The van der Waals surface area contributed by atoms with Crippen LogP contribution in [0.2, 0.25) is 18.1 Å². The van der Waals surface area contributed by atoms with E-state index < -0.39 is 31.8 Å². The molecule has 5 atom stereocenters. The fourth-order valence-electron chi connectivity index (χ4n) is 5.06. The summed E-state index contributed by atoms with van der Waals surface area (Å²) >= 11 is 0. The Hall–Kier alpha value is -1.94. The van der Waals surface area contributed by atoms with Crippen molar-refractivity contribution < 1.29 is 22.7 Å². The normalized spacial score (nSPS) is 26.6. The summed E-state index contributed by atoms with van der Waals surface area (Å²) in [5.41, 5.74) is 0.622. The number of hydrogen-bond acceptors (Lipinski definition) is 6. The summed E-state index contributed by atoms with van der Waals surface area (Å²) in [6, 6.07) is 5.93. The lowest BCUT2D eigenvalue weighted by molar-refractivity contribution is -0.162. The molecular formula is C27H39F2N3O3Si. The summed E-state index contributed by atoms with van der Waals surface area (Å²) in [5.74, 6) is -1.16. The largest absolute Gasteiger partial charge is 0.410 e.